The van der Waals surface area contributed by atoms with Crippen molar-refractivity contribution in [2.75, 3.05) is 20.1 Å². The number of nitrogens with zero attached hydrogens (tertiary/aromatic N) is 1. The summed E-state index contributed by atoms with van der Waals surface area (Å²) in [5.74, 6) is 1.35. The number of ether oxygens (including phenoxy) is 1. The lowest BCUT2D eigenvalue weighted by Crippen LogP contribution is -2.34. The number of thiophene rings is 1. The molecule has 2 atom stereocenters. The summed E-state index contributed by atoms with van der Waals surface area (Å²) < 4.78 is 6.42. The van der Waals surface area contributed by atoms with Gasteiger partial charge in [0.05, 0.1) is 0 Å². The lowest BCUT2D eigenvalue weighted by Gasteiger charge is -2.34. The molecule has 1 aromatic heterocycles. The maximum absolute atomic E-state index is 10.8. The van der Waals surface area contributed by atoms with Crippen LogP contribution < -0.4 is 4.74 Å². The normalized spacial score (nSPS) is 25.9. The molecule has 1 aromatic carbocycles. The molecule has 2 aliphatic heterocycles. The number of aliphatic hydroxyl groups is 1. The molecule has 1 N–H and O–H groups in total. The Morgan fingerprint density at radius 3 is 2.73 bits per heavy atom. The second-order valence-electron chi connectivity index (χ2n) is 6.36. The third kappa shape index (κ3) is 2.35. The highest BCUT2D eigenvalue weighted by atomic mass is 32.1. The summed E-state index contributed by atoms with van der Waals surface area (Å²) >= 11 is 1.64. The first-order valence-electron chi connectivity index (χ1n) is 7.93. The van der Waals surface area contributed by atoms with Gasteiger partial charge in [0.2, 0.25) is 0 Å². The fourth-order valence-corrected chi connectivity index (χ4v) is 4.56. The van der Waals surface area contributed by atoms with E-state index in [0.717, 1.165) is 42.1 Å². The molecule has 2 aliphatic rings. The number of likely N-dealkylation sites (tertiary alicyclic amines) is 1. The zero-order valence-electron chi connectivity index (χ0n) is 12.7. The van der Waals surface area contributed by atoms with Crippen LogP contribution in [0, 0.1) is 5.92 Å². The standard InChI is InChI=1S/C18H21NO2S/c1-19-9-6-12(7-10-19)17-14-8-11-22-18(14)16(20)13-4-2-3-5-15(13)21-17/h2-5,8,11-12,16-17,20H,6-7,9-10H2,1H3. The average Bonchev–Trinajstić information content (AvgIpc) is 2.99. The number of hydrogen-bond acceptors (Lipinski definition) is 4. The van der Waals surface area contributed by atoms with E-state index in [1.807, 2.05) is 24.3 Å². The van der Waals surface area contributed by atoms with Gasteiger partial charge in [0.25, 0.3) is 0 Å². The second-order valence-corrected chi connectivity index (χ2v) is 7.31. The molecule has 1 saturated heterocycles. The van der Waals surface area contributed by atoms with Gasteiger partial charge in [-0.1, -0.05) is 18.2 Å². The molecule has 22 heavy (non-hydrogen) atoms. The molecule has 0 spiro atoms. The van der Waals surface area contributed by atoms with E-state index in [9.17, 15) is 5.11 Å². The Morgan fingerprint density at radius 2 is 1.91 bits per heavy atom. The molecular weight excluding hydrogens is 294 g/mol. The van der Waals surface area contributed by atoms with Gasteiger partial charge >= 0.3 is 0 Å². The van der Waals surface area contributed by atoms with Gasteiger partial charge in [-0.2, -0.15) is 0 Å². The molecule has 0 radical (unpaired) electrons. The van der Waals surface area contributed by atoms with Crippen LogP contribution in [-0.2, 0) is 0 Å². The number of benzene rings is 1. The van der Waals surface area contributed by atoms with Crippen molar-refractivity contribution in [3.05, 3.63) is 51.7 Å². The Hall–Kier alpha value is -1.36. The van der Waals surface area contributed by atoms with Gasteiger partial charge in [-0.05, 0) is 50.5 Å². The third-order valence-corrected chi connectivity index (χ3v) is 5.93. The Labute approximate surface area is 135 Å². The monoisotopic (exact) mass is 315 g/mol. The predicted octanol–water partition coefficient (Wildman–Crippen LogP) is 3.61. The fourth-order valence-electron chi connectivity index (χ4n) is 3.62. The van der Waals surface area contributed by atoms with Crippen LogP contribution in [0.1, 0.15) is 41.1 Å². The van der Waals surface area contributed by atoms with Gasteiger partial charge < -0.3 is 14.7 Å². The fraction of sp³-hybridized carbons (Fsp3) is 0.444. The van der Waals surface area contributed by atoms with Crippen molar-refractivity contribution in [2.45, 2.75) is 25.0 Å². The summed E-state index contributed by atoms with van der Waals surface area (Å²) in [5.41, 5.74) is 2.07. The molecule has 4 rings (SSSR count). The quantitative estimate of drug-likeness (QED) is 0.872. The lowest BCUT2D eigenvalue weighted by atomic mass is 9.87. The molecule has 0 amide bonds. The first kappa shape index (κ1) is 14.2. The van der Waals surface area contributed by atoms with Crippen LogP contribution in [0.5, 0.6) is 5.75 Å². The summed E-state index contributed by atoms with van der Waals surface area (Å²) in [7, 11) is 2.18. The Kier molecular flexibility index (Phi) is 3.68. The van der Waals surface area contributed by atoms with Gasteiger partial charge in [-0.25, -0.2) is 0 Å². The van der Waals surface area contributed by atoms with E-state index in [2.05, 4.69) is 23.4 Å². The van der Waals surface area contributed by atoms with Gasteiger partial charge in [0.15, 0.2) is 0 Å². The molecule has 4 heteroatoms. The number of fused-ring (bicyclic) bond motifs is 2. The zero-order valence-corrected chi connectivity index (χ0v) is 13.6. The van der Waals surface area contributed by atoms with Crippen LogP contribution in [-0.4, -0.2) is 30.1 Å². The van der Waals surface area contributed by atoms with Gasteiger partial charge in [-0.3, -0.25) is 0 Å². The van der Waals surface area contributed by atoms with Crippen LogP contribution in [0.4, 0.5) is 0 Å². The topological polar surface area (TPSA) is 32.7 Å². The number of rotatable bonds is 1. The molecule has 1 fully saturated rings. The summed E-state index contributed by atoms with van der Waals surface area (Å²) in [4.78, 5) is 3.43. The Bertz CT molecular complexity index is 661. The van der Waals surface area contributed by atoms with Crippen molar-refractivity contribution in [1.29, 1.82) is 0 Å². The number of aliphatic hydroxyl groups excluding tert-OH is 1. The van der Waals surface area contributed by atoms with E-state index in [0.29, 0.717) is 5.92 Å². The molecule has 3 nitrogen and oxygen atoms in total. The molecule has 3 heterocycles. The van der Waals surface area contributed by atoms with Crippen LogP contribution in [0.15, 0.2) is 35.7 Å². The van der Waals surface area contributed by atoms with Crippen LogP contribution >= 0.6 is 11.3 Å². The van der Waals surface area contributed by atoms with Gasteiger partial charge in [0, 0.05) is 21.9 Å². The Balaban J connectivity index is 1.75. The maximum atomic E-state index is 10.8. The van der Waals surface area contributed by atoms with Crippen LogP contribution in [0.25, 0.3) is 0 Å². The zero-order chi connectivity index (χ0) is 15.1. The van der Waals surface area contributed by atoms with Crippen LogP contribution in [0.3, 0.4) is 0 Å². The Morgan fingerprint density at radius 1 is 1.14 bits per heavy atom. The van der Waals surface area contributed by atoms with E-state index in [1.54, 1.807) is 11.3 Å². The maximum Gasteiger partial charge on any atom is 0.128 e. The molecule has 2 aromatic rings. The number of piperidine rings is 1. The average molecular weight is 315 g/mol. The molecule has 0 aliphatic carbocycles. The summed E-state index contributed by atoms with van der Waals surface area (Å²) in [6.45, 7) is 2.24. The number of hydrogen-bond donors (Lipinski definition) is 1. The van der Waals surface area contributed by atoms with Crippen molar-refractivity contribution in [2.24, 2.45) is 5.92 Å². The van der Waals surface area contributed by atoms with E-state index in [1.165, 1.54) is 5.56 Å². The minimum Gasteiger partial charge on any atom is -0.485 e. The highest BCUT2D eigenvalue weighted by molar-refractivity contribution is 7.10. The van der Waals surface area contributed by atoms with Gasteiger partial charge in [-0.15, -0.1) is 11.3 Å². The number of para-hydroxylation sites is 1. The lowest BCUT2D eigenvalue weighted by molar-refractivity contribution is 0.0856. The summed E-state index contributed by atoms with van der Waals surface area (Å²) in [6.07, 6.45) is 1.79. The van der Waals surface area contributed by atoms with E-state index in [-0.39, 0.29) is 6.10 Å². The predicted molar refractivity (Wildman–Crippen MR) is 88.4 cm³/mol. The summed E-state index contributed by atoms with van der Waals surface area (Å²) in [6, 6.07) is 10.0. The van der Waals surface area contributed by atoms with Gasteiger partial charge in [0.1, 0.15) is 18.0 Å². The van der Waals surface area contributed by atoms with Crippen molar-refractivity contribution in [3.8, 4) is 5.75 Å². The SMILES string of the molecule is CN1CCC(C2Oc3ccccc3C(O)c3sccc32)CC1. The van der Waals surface area contributed by atoms with Crippen molar-refractivity contribution in [3.63, 3.8) is 0 Å². The molecule has 2 unspecified atom stereocenters. The smallest absolute Gasteiger partial charge is 0.128 e. The first-order valence-corrected chi connectivity index (χ1v) is 8.81. The first-order chi connectivity index (χ1) is 10.7. The highest BCUT2D eigenvalue weighted by Gasteiger charge is 2.35. The van der Waals surface area contributed by atoms with E-state index >= 15 is 0 Å². The minimum atomic E-state index is -0.567. The largest absolute Gasteiger partial charge is 0.485 e. The van der Waals surface area contributed by atoms with Crippen molar-refractivity contribution >= 4 is 11.3 Å². The van der Waals surface area contributed by atoms with E-state index in [4.69, 9.17) is 4.74 Å². The minimum absolute atomic E-state index is 0.0632. The highest BCUT2D eigenvalue weighted by Crippen LogP contribution is 2.46. The molecule has 0 bridgehead atoms. The van der Waals surface area contributed by atoms with E-state index < -0.39 is 6.10 Å². The second kappa shape index (κ2) is 5.69. The third-order valence-electron chi connectivity index (χ3n) is 4.94. The van der Waals surface area contributed by atoms with Crippen molar-refractivity contribution < 1.29 is 9.84 Å². The summed E-state index contributed by atoms with van der Waals surface area (Å²) in [5, 5.41) is 12.8. The molecule has 116 valence electrons. The van der Waals surface area contributed by atoms with Crippen molar-refractivity contribution in [1.82, 2.24) is 4.90 Å². The molecular formula is C18H21NO2S. The molecule has 0 saturated carbocycles. The van der Waals surface area contributed by atoms with Crippen LogP contribution in [0.2, 0.25) is 0 Å².